The van der Waals surface area contributed by atoms with Crippen molar-refractivity contribution >= 4 is 40.3 Å². The molecule has 2 heterocycles. The van der Waals surface area contributed by atoms with Crippen molar-refractivity contribution in [2.75, 3.05) is 12.4 Å². The first-order valence-corrected chi connectivity index (χ1v) is 11.4. The zero-order chi connectivity index (χ0) is 24.2. The Hall–Kier alpha value is -4.05. The lowest BCUT2D eigenvalue weighted by molar-refractivity contribution is -0.134. The third kappa shape index (κ3) is 4.53. The third-order valence-electron chi connectivity index (χ3n) is 5.58. The van der Waals surface area contributed by atoms with Crippen LogP contribution in [0.1, 0.15) is 40.5 Å². The van der Waals surface area contributed by atoms with E-state index >= 15 is 0 Å². The van der Waals surface area contributed by atoms with Crippen LogP contribution in [0.2, 0.25) is 0 Å². The minimum Gasteiger partial charge on any atom is -0.464 e. The summed E-state index contributed by atoms with van der Waals surface area (Å²) in [5.74, 6) is -2.27. The van der Waals surface area contributed by atoms with Crippen LogP contribution < -0.4 is 10.6 Å². The summed E-state index contributed by atoms with van der Waals surface area (Å²) >= 11 is 1.04. The van der Waals surface area contributed by atoms with E-state index in [-0.39, 0.29) is 10.8 Å². The van der Waals surface area contributed by atoms with Gasteiger partial charge in [0.15, 0.2) is 10.8 Å². The Morgan fingerprint density at radius 2 is 1.74 bits per heavy atom. The fourth-order valence-electron chi connectivity index (χ4n) is 3.84. The molecule has 0 spiro atoms. The number of anilines is 1. The number of methoxy groups -OCH3 is 1. The maximum atomic E-state index is 13.5. The van der Waals surface area contributed by atoms with Crippen molar-refractivity contribution < 1.29 is 23.9 Å². The smallest absolute Gasteiger partial charge is 0.357 e. The molecule has 3 atom stereocenters. The second-order valence-electron chi connectivity index (χ2n) is 7.66. The van der Waals surface area contributed by atoms with Crippen molar-refractivity contribution in [1.29, 1.82) is 0 Å². The van der Waals surface area contributed by atoms with Crippen LogP contribution in [0.4, 0.5) is 9.93 Å². The lowest BCUT2D eigenvalue weighted by Gasteiger charge is -2.29. The average Bonchev–Trinajstić information content (AvgIpc) is 3.44. The molecule has 4 amide bonds. The number of nitrogens with zero attached hydrogens (tertiary/aromatic N) is 2. The minimum atomic E-state index is -1.16. The molecular formula is C24H22N4O5S. The molecule has 1 saturated heterocycles. The molecule has 2 aromatic carbocycles. The normalized spacial score (nSPS) is 17.1. The number of urea groups is 1. The van der Waals surface area contributed by atoms with Gasteiger partial charge in [-0.1, -0.05) is 67.6 Å². The average molecular weight is 479 g/mol. The quantitative estimate of drug-likeness (QED) is 0.397. The number of imide groups is 1. The number of ether oxygens (including phenoxy) is 1. The van der Waals surface area contributed by atoms with Gasteiger partial charge in [-0.05, 0) is 11.1 Å². The molecule has 9 nitrogen and oxygen atoms in total. The maximum Gasteiger partial charge on any atom is 0.357 e. The minimum absolute atomic E-state index is 0.0505. The van der Waals surface area contributed by atoms with Crippen molar-refractivity contribution in [3.05, 3.63) is 82.9 Å². The first kappa shape index (κ1) is 23.1. The topological polar surface area (TPSA) is 118 Å². The summed E-state index contributed by atoms with van der Waals surface area (Å²) in [4.78, 5) is 56.6. The zero-order valence-electron chi connectivity index (χ0n) is 18.4. The summed E-state index contributed by atoms with van der Waals surface area (Å²) < 4.78 is 4.65. The molecule has 34 heavy (non-hydrogen) atoms. The van der Waals surface area contributed by atoms with Gasteiger partial charge in [0.25, 0.3) is 5.91 Å². The molecule has 3 aromatic rings. The van der Waals surface area contributed by atoms with Gasteiger partial charge < -0.3 is 15.4 Å². The van der Waals surface area contributed by atoms with Gasteiger partial charge in [-0.15, -0.1) is 11.3 Å². The van der Waals surface area contributed by atoms with Crippen molar-refractivity contribution in [2.45, 2.75) is 24.9 Å². The van der Waals surface area contributed by atoms with Gasteiger partial charge in [0, 0.05) is 11.3 Å². The lowest BCUT2D eigenvalue weighted by Crippen LogP contribution is -2.50. The Labute approximate surface area is 199 Å². The molecule has 0 bridgehead atoms. The van der Waals surface area contributed by atoms with E-state index in [2.05, 4.69) is 20.4 Å². The van der Waals surface area contributed by atoms with Gasteiger partial charge in [-0.25, -0.2) is 19.5 Å². The number of amides is 4. The number of carbonyl (C=O) groups excluding carboxylic acids is 4. The van der Waals surface area contributed by atoms with Crippen molar-refractivity contribution in [3.63, 3.8) is 0 Å². The van der Waals surface area contributed by atoms with Crippen LogP contribution in [-0.4, -0.2) is 46.9 Å². The molecule has 0 radical (unpaired) electrons. The van der Waals surface area contributed by atoms with E-state index in [0.717, 1.165) is 21.8 Å². The Morgan fingerprint density at radius 3 is 2.38 bits per heavy atom. The number of benzene rings is 2. The summed E-state index contributed by atoms with van der Waals surface area (Å²) in [5, 5.41) is 6.95. The maximum absolute atomic E-state index is 13.5. The number of aromatic nitrogens is 1. The molecule has 4 rings (SSSR count). The van der Waals surface area contributed by atoms with Gasteiger partial charge in [0.05, 0.1) is 7.11 Å². The fourth-order valence-corrected chi connectivity index (χ4v) is 4.53. The third-order valence-corrected chi connectivity index (χ3v) is 6.34. The van der Waals surface area contributed by atoms with Crippen molar-refractivity contribution in [3.8, 4) is 0 Å². The summed E-state index contributed by atoms with van der Waals surface area (Å²) in [5.41, 5.74) is 1.45. The van der Waals surface area contributed by atoms with Crippen LogP contribution in [0.15, 0.2) is 66.0 Å². The molecule has 1 aromatic heterocycles. The van der Waals surface area contributed by atoms with E-state index in [1.165, 1.54) is 12.5 Å². The van der Waals surface area contributed by atoms with Gasteiger partial charge >= 0.3 is 12.0 Å². The van der Waals surface area contributed by atoms with E-state index in [9.17, 15) is 19.2 Å². The van der Waals surface area contributed by atoms with Crippen LogP contribution in [-0.2, 0) is 14.3 Å². The summed E-state index contributed by atoms with van der Waals surface area (Å²) in [6.45, 7) is 1.78. The fraction of sp³-hybridized carbons (Fsp3) is 0.208. The van der Waals surface area contributed by atoms with E-state index < -0.39 is 41.8 Å². The number of hydrogen-bond donors (Lipinski definition) is 2. The Balaban J connectivity index is 1.66. The molecular weight excluding hydrogens is 456 g/mol. The first-order valence-electron chi connectivity index (χ1n) is 10.5. The van der Waals surface area contributed by atoms with E-state index in [1.54, 1.807) is 31.2 Å². The van der Waals surface area contributed by atoms with Crippen LogP contribution >= 0.6 is 11.3 Å². The van der Waals surface area contributed by atoms with E-state index in [4.69, 9.17) is 0 Å². The molecule has 174 valence electrons. The number of nitrogens with one attached hydrogen (secondary N) is 2. The number of esters is 1. The highest BCUT2D eigenvalue weighted by Crippen LogP contribution is 2.31. The lowest BCUT2D eigenvalue weighted by atomic mass is 9.91. The summed E-state index contributed by atoms with van der Waals surface area (Å²) in [6, 6.07) is 15.3. The number of hydrogen-bond acceptors (Lipinski definition) is 7. The van der Waals surface area contributed by atoms with Gasteiger partial charge in [-0.2, -0.15) is 0 Å². The SMILES string of the molecule is COC(=O)c1csc(NC(=O)[C@H]([C@@H](C)c2ccccc2)N2C(=O)N[C@H](c3ccccc3)C2=O)n1. The van der Waals surface area contributed by atoms with Crippen molar-refractivity contribution in [2.24, 2.45) is 0 Å². The molecule has 1 aliphatic heterocycles. The standard InChI is InChI=1S/C24H22N4O5S/c1-14(15-9-5-3-6-10-15)19(20(29)27-23-25-17(13-34-23)22(31)33-2)28-21(30)18(26-24(28)32)16-11-7-4-8-12-16/h3-14,18-19H,1-2H3,(H,26,32)(H,25,27,29)/t14-,18+,19-/m0/s1. The first-order chi connectivity index (χ1) is 16.4. The highest BCUT2D eigenvalue weighted by molar-refractivity contribution is 7.14. The summed E-state index contributed by atoms with van der Waals surface area (Å²) in [7, 11) is 1.23. The van der Waals surface area contributed by atoms with Gasteiger partial charge in [-0.3, -0.25) is 9.59 Å². The Bertz CT molecular complexity index is 1210. The predicted octanol–water partition coefficient (Wildman–Crippen LogP) is 3.33. The largest absolute Gasteiger partial charge is 0.464 e. The second-order valence-corrected chi connectivity index (χ2v) is 8.52. The van der Waals surface area contributed by atoms with Crippen molar-refractivity contribution in [1.82, 2.24) is 15.2 Å². The molecule has 1 fully saturated rings. The van der Waals surface area contributed by atoms with Gasteiger partial charge in [0.2, 0.25) is 5.91 Å². The zero-order valence-corrected chi connectivity index (χ0v) is 19.2. The highest BCUT2D eigenvalue weighted by atomic mass is 32.1. The number of thiazole rings is 1. The predicted molar refractivity (Wildman–Crippen MR) is 125 cm³/mol. The van der Waals surface area contributed by atoms with Gasteiger partial charge in [0.1, 0.15) is 12.1 Å². The van der Waals surface area contributed by atoms with Crippen LogP contribution in [0.25, 0.3) is 0 Å². The molecule has 0 saturated carbocycles. The Kier molecular flexibility index (Phi) is 6.69. The van der Waals surface area contributed by atoms with E-state index in [1.807, 2.05) is 36.4 Å². The number of rotatable bonds is 7. The molecule has 0 aliphatic carbocycles. The molecule has 10 heteroatoms. The van der Waals surface area contributed by atoms with Crippen LogP contribution in [0.3, 0.4) is 0 Å². The van der Waals surface area contributed by atoms with E-state index in [0.29, 0.717) is 5.56 Å². The molecule has 0 unspecified atom stereocenters. The molecule has 2 N–H and O–H groups in total. The summed E-state index contributed by atoms with van der Waals surface area (Å²) in [6.07, 6.45) is 0. The highest BCUT2D eigenvalue weighted by Gasteiger charge is 2.47. The Morgan fingerprint density at radius 1 is 1.09 bits per heavy atom. The number of carbonyl (C=O) groups is 4. The monoisotopic (exact) mass is 478 g/mol. The van der Waals surface area contributed by atoms with Crippen LogP contribution in [0.5, 0.6) is 0 Å². The second kappa shape index (κ2) is 9.84. The van der Waals surface area contributed by atoms with Crippen LogP contribution in [0, 0.1) is 0 Å². The molecule has 1 aliphatic rings.